The molecule has 8 heteroatoms. The number of nitrogens with two attached hydrogens (primary N) is 1. The number of pyridine rings is 1. The molecule has 1 aliphatic heterocycles. The summed E-state index contributed by atoms with van der Waals surface area (Å²) >= 11 is 0. The molecule has 0 saturated heterocycles. The molecule has 28 heavy (non-hydrogen) atoms. The number of fused-ring (bicyclic) bond motifs is 1. The molecule has 2 heterocycles. The number of rotatable bonds is 4. The van der Waals surface area contributed by atoms with Crippen LogP contribution in [0.4, 0.5) is 14.5 Å². The molecule has 2 aliphatic rings. The molecule has 2 aromatic rings. The lowest BCUT2D eigenvalue weighted by atomic mass is 9.84. The van der Waals surface area contributed by atoms with Crippen molar-refractivity contribution >= 4 is 17.6 Å². The number of ether oxygens (including phenoxy) is 1. The third kappa shape index (κ3) is 3.11. The molecular formula is C20H18F2N4O2. The standard InChI is InChI=1S/C20H18F2N4O2/c1-11-2-5-16(24-10-11)18(27)25-12-3-4-15(22)13(8-12)20(6-7-21)14-9-17(14)28-19(23)26-20/h2-8,10,14,17H,9H2,1H3,(H2,23,26)(H,25,27)/b7-6+/t14-,17+,20+/m0/s1. The smallest absolute Gasteiger partial charge is 0.283 e. The van der Waals surface area contributed by atoms with Crippen LogP contribution >= 0.6 is 0 Å². The maximum atomic E-state index is 14.7. The summed E-state index contributed by atoms with van der Waals surface area (Å²) in [6.07, 6.45) is 3.44. The number of amidine groups is 1. The lowest BCUT2D eigenvalue weighted by Gasteiger charge is -2.31. The third-order valence-corrected chi connectivity index (χ3v) is 4.98. The number of anilines is 1. The number of nitrogens with zero attached hydrogens (tertiary/aromatic N) is 2. The zero-order valence-electron chi connectivity index (χ0n) is 15.0. The highest BCUT2D eigenvalue weighted by atomic mass is 19.1. The Morgan fingerprint density at radius 2 is 2.21 bits per heavy atom. The molecule has 0 radical (unpaired) electrons. The lowest BCUT2D eigenvalue weighted by Crippen LogP contribution is -2.36. The van der Waals surface area contributed by atoms with Crippen molar-refractivity contribution in [3.63, 3.8) is 0 Å². The predicted octanol–water partition coefficient (Wildman–Crippen LogP) is 3.19. The van der Waals surface area contributed by atoms with E-state index in [2.05, 4.69) is 15.3 Å². The summed E-state index contributed by atoms with van der Waals surface area (Å²) in [4.78, 5) is 20.7. The van der Waals surface area contributed by atoms with Gasteiger partial charge < -0.3 is 15.8 Å². The van der Waals surface area contributed by atoms with Crippen LogP contribution in [-0.4, -0.2) is 23.0 Å². The van der Waals surface area contributed by atoms with E-state index in [0.29, 0.717) is 18.4 Å². The van der Waals surface area contributed by atoms with Gasteiger partial charge in [-0.25, -0.2) is 13.8 Å². The van der Waals surface area contributed by atoms with Crippen LogP contribution in [0.15, 0.2) is 53.9 Å². The average Bonchev–Trinajstić information content (AvgIpc) is 3.44. The third-order valence-electron chi connectivity index (χ3n) is 4.98. The van der Waals surface area contributed by atoms with Gasteiger partial charge in [-0.2, -0.15) is 0 Å². The quantitative estimate of drug-likeness (QED) is 0.847. The first-order chi connectivity index (χ1) is 13.4. The van der Waals surface area contributed by atoms with Gasteiger partial charge in [-0.3, -0.25) is 9.78 Å². The zero-order chi connectivity index (χ0) is 19.9. The molecular weight excluding hydrogens is 366 g/mol. The van der Waals surface area contributed by atoms with E-state index < -0.39 is 17.3 Å². The van der Waals surface area contributed by atoms with Gasteiger partial charge in [0.15, 0.2) is 0 Å². The summed E-state index contributed by atoms with van der Waals surface area (Å²) in [5, 5.41) is 2.69. The number of halogens is 2. The van der Waals surface area contributed by atoms with Crippen LogP contribution in [0.2, 0.25) is 0 Å². The maximum absolute atomic E-state index is 14.7. The first-order valence-corrected chi connectivity index (χ1v) is 8.77. The van der Waals surface area contributed by atoms with Crippen LogP contribution in [0.5, 0.6) is 0 Å². The van der Waals surface area contributed by atoms with Gasteiger partial charge in [0.05, 0.1) is 6.33 Å². The molecule has 6 nitrogen and oxygen atoms in total. The van der Waals surface area contributed by atoms with Crippen molar-refractivity contribution in [2.24, 2.45) is 16.6 Å². The van der Waals surface area contributed by atoms with Gasteiger partial charge in [-0.1, -0.05) is 6.07 Å². The molecule has 3 N–H and O–H groups in total. The highest BCUT2D eigenvalue weighted by molar-refractivity contribution is 6.02. The number of carbonyl (C=O) groups is 1. The van der Waals surface area contributed by atoms with E-state index in [1.807, 2.05) is 6.92 Å². The first-order valence-electron chi connectivity index (χ1n) is 8.77. The van der Waals surface area contributed by atoms with Gasteiger partial charge in [0.1, 0.15) is 23.2 Å². The van der Waals surface area contributed by atoms with Crippen LogP contribution in [-0.2, 0) is 10.3 Å². The second-order valence-electron chi connectivity index (χ2n) is 6.94. The van der Waals surface area contributed by atoms with E-state index >= 15 is 0 Å². The molecule has 1 aliphatic carbocycles. The maximum Gasteiger partial charge on any atom is 0.283 e. The first kappa shape index (κ1) is 18.1. The number of aromatic nitrogens is 1. The summed E-state index contributed by atoms with van der Waals surface area (Å²) in [6.45, 7) is 1.87. The molecule has 1 aromatic heterocycles. The minimum Gasteiger partial charge on any atom is -0.462 e. The van der Waals surface area contributed by atoms with E-state index in [9.17, 15) is 13.6 Å². The number of benzene rings is 1. The largest absolute Gasteiger partial charge is 0.462 e. The fourth-order valence-electron chi connectivity index (χ4n) is 3.53. The molecule has 144 valence electrons. The summed E-state index contributed by atoms with van der Waals surface area (Å²) in [7, 11) is 0. The van der Waals surface area contributed by atoms with Gasteiger partial charge in [-0.05, 0) is 49.2 Å². The number of amides is 1. The van der Waals surface area contributed by atoms with E-state index in [-0.39, 0.29) is 29.3 Å². The van der Waals surface area contributed by atoms with Crippen LogP contribution in [0, 0.1) is 18.7 Å². The summed E-state index contributed by atoms with van der Waals surface area (Å²) in [5.74, 6) is -1.24. The van der Waals surface area contributed by atoms with Gasteiger partial charge in [-0.15, -0.1) is 0 Å². The molecule has 0 spiro atoms. The number of carbonyl (C=O) groups excluding carboxylic acids is 1. The van der Waals surface area contributed by atoms with Crippen molar-refractivity contribution < 1.29 is 18.3 Å². The number of hydrogen-bond acceptors (Lipinski definition) is 5. The van der Waals surface area contributed by atoms with Gasteiger partial charge >= 0.3 is 0 Å². The molecule has 1 aromatic carbocycles. The number of nitrogens with one attached hydrogen (secondary N) is 1. The Morgan fingerprint density at radius 3 is 2.93 bits per heavy atom. The molecule has 0 bridgehead atoms. The number of hydrogen-bond donors (Lipinski definition) is 2. The van der Waals surface area contributed by atoms with Crippen LogP contribution in [0.25, 0.3) is 0 Å². The minimum atomic E-state index is -1.31. The average molecular weight is 384 g/mol. The van der Waals surface area contributed by atoms with E-state index in [4.69, 9.17) is 10.5 Å². The second kappa shape index (κ2) is 6.70. The fourth-order valence-corrected chi connectivity index (χ4v) is 3.53. The highest BCUT2D eigenvalue weighted by Gasteiger charge is 2.58. The monoisotopic (exact) mass is 384 g/mol. The van der Waals surface area contributed by atoms with Crippen LogP contribution in [0.1, 0.15) is 28.0 Å². The molecule has 1 fully saturated rings. The predicted molar refractivity (Wildman–Crippen MR) is 99.9 cm³/mol. The van der Waals surface area contributed by atoms with E-state index in [0.717, 1.165) is 5.56 Å². The molecule has 4 rings (SSSR count). The van der Waals surface area contributed by atoms with E-state index in [1.54, 1.807) is 18.3 Å². The zero-order valence-corrected chi connectivity index (χ0v) is 15.0. The Labute approximate surface area is 160 Å². The summed E-state index contributed by atoms with van der Waals surface area (Å²) in [5.41, 5.74) is 6.03. The summed E-state index contributed by atoms with van der Waals surface area (Å²) < 4.78 is 33.3. The number of aliphatic imine (C=N–C) groups is 1. The molecule has 1 amide bonds. The Bertz CT molecular complexity index is 990. The normalized spacial score (nSPS) is 25.6. The Balaban J connectivity index is 1.70. The van der Waals surface area contributed by atoms with Crippen molar-refractivity contribution in [1.29, 1.82) is 0 Å². The Kier molecular flexibility index (Phi) is 4.33. The fraction of sp³-hybridized carbons (Fsp3) is 0.250. The lowest BCUT2D eigenvalue weighted by molar-refractivity contribution is 0.102. The molecule has 3 atom stereocenters. The number of aryl methyl sites for hydroxylation is 1. The van der Waals surface area contributed by atoms with Gasteiger partial charge in [0.25, 0.3) is 11.9 Å². The van der Waals surface area contributed by atoms with Crippen LogP contribution in [0.3, 0.4) is 0 Å². The summed E-state index contributed by atoms with van der Waals surface area (Å²) in [6, 6.07) is 7.33. The SMILES string of the molecule is Cc1ccc(C(=O)Nc2ccc(F)c([C@@]3(/C=C/F)N=C(N)O[C@@H]4C[C@@H]43)c2)nc1. The van der Waals surface area contributed by atoms with Crippen molar-refractivity contribution in [2.75, 3.05) is 5.32 Å². The van der Waals surface area contributed by atoms with E-state index in [1.165, 1.54) is 24.3 Å². The second-order valence-corrected chi connectivity index (χ2v) is 6.94. The van der Waals surface area contributed by atoms with Crippen molar-refractivity contribution in [1.82, 2.24) is 4.98 Å². The van der Waals surface area contributed by atoms with Crippen molar-refractivity contribution in [3.8, 4) is 0 Å². The van der Waals surface area contributed by atoms with Crippen LogP contribution < -0.4 is 11.1 Å². The van der Waals surface area contributed by atoms with Gasteiger partial charge in [0.2, 0.25) is 0 Å². The van der Waals surface area contributed by atoms with Crippen molar-refractivity contribution in [3.05, 3.63) is 71.6 Å². The molecule has 0 unspecified atom stereocenters. The Morgan fingerprint density at radius 1 is 1.39 bits per heavy atom. The molecule has 1 saturated carbocycles. The highest BCUT2D eigenvalue weighted by Crippen LogP contribution is 2.54. The van der Waals surface area contributed by atoms with Gasteiger partial charge in [0, 0.05) is 23.4 Å². The topological polar surface area (TPSA) is 89.6 Å². The van der Waals surface area contributed by atoms with Crippen molar-refractivity contribution in [2.45, 2.75) is 25.0 Å². The minimum absolute atomic E-state index is 0.116. The Hall–Kier alpha value is -3.29.